The number of halogens is 1. The molecule has 0 amide bonds. The first-order valence-corrected chi connectivity index (χ1v) is 14.2. The first-order valence-electron chi connectivity index (χ1n) is 9.68. The summed E-state index contributed by atoms with van der Waals surface area (Å²) >= 11 is 0. The summed E-state index contributed by atoms with van der Waals surface area (Å²) in [5.74, 6) is 3.02. The lowest BCUT2D eigenvalue weighted by Gasteiger charge is -2.27. The second-order valence-electron chi connectivity index (χ2n) is 7.38. The van der Waals surface area contributed by atoms with Crippen molar-refractivity contribution >= 4 is 40.6 Å². The Morgan fingerprint density at radius 2 is 1.92 bits per heavy atom. The van der Waals surface area contributed by atoms with Crippen LogP contribution in [0, 0.1) is 17.8 Å². The van der Waals surface area contributed by atoms with Gasteiger partial charge in [0.15, 0.2) is 11.9 Å². The Morgan fingerprint density at radius 1 is 1.25 bits per heavy atom. The maximum Gasteiger partial charge on any atom is 0.490 e. The molecule has 1 saturated heterocycles. The minimum atomic E-state index is -5.79. The number of phosphoric ester groups is 1. The highest BCUT2D eigenvalue weighted by Crippen LogP contribution is 2.67. The van der Waals surface area contributed by atoms with E-state index in [2.05, 4.69) is 35.4 Å². The molecule has 0 aromatic carbocycles. The molecule has 21 heteroatoms. The SMILES string of the molecule is CC#CC1(F)C(CO)[C@@H]([C@@H](C)OP(=O)(O)OP(=O)(O)OP(=O)(O)O)O[C@H]1n1cnc2cnc(N)nc21. The van der Waals surface area contributed by atoms with Gasteiger partial charge in [0, 0.05) is 0 Å². The Labute approximate surface area is 201 Å². The van der Waals surface area contributed by atoms with Crippen LogP contribution in [-0.2, 0) is 31.6 Å². The maximum atomic E-state index is 16.3. The number of anilines is 1. The van der Waals surface area contributed by atoms with Crippen molar-refractivity contribution in [3.63, 3.8) is 0 Å². The van der Waals surface area contributed by atoms with Crippen LogP contribution in [0.3, 0.4) is 0 Å². The molecule has 0 bridgehead atoms. The molecule has 1 aliphatic heterocycles. The Bertz CT molecular complexity index is 1340. The topological polar surface area (TPSA) is 259 Å². The standard InChI is InChI=1S/C15H21FN5O12P3/c1-3-4-15(16)9(6-22)11(8(2)31-35(26,27)33-36(28,29)32-34(23,24)25)30-13(15)21-7-19-10-5-18-14(17)20-12(10)21/h5,7-9,11,13,22H,6H2,1-2H3,(H,26,27)(H,28,29)(H2,17,18,20)(H2,23,24,25)/t8-,9?,11-,13-,15?/m1/s1. The largest absolute Gasteiger partial charge is 0.490 e. The summed E-state index contributed by atoms with van der Waals surface area (Å²) in [6.45, 7) is 1.50. The second kappa shape index (κ2) is 10.1. The number of nitrogens with zero attached hydrogens (tertiary/aromatic N) is 4. The summed E-state index contributed by atoms with van der Waals surface area (Å²) in [6, 6.07) is 0. The van der Waals surface area contributed by atoms with Gasteiger partial charge >= 0.3 is 23.5 Å². The van der Waals surface area contributed by atoms with Crippen LogP contribution in [0.2, 0.25) is 0 Å². The molecule has 1 aliphatic rings. The van der Waals surface area contributed by atoms with Crippen LogP contribution >= 0.6 is 23.5 Å². The van der Waals surface area contributed by atoms with E-state index >= 15 is 4.39 Å². The zero-order chi connectivity index (χ0) is 27.1. The Balaban J connectivity index is 1.93. The highest BCUT2D eigenvalue weighted by Gasteiger charge is 2.60. The zero-order valence-corrected chi connectivity index (χ0v) is 21.0. The Hall–Kier alpha value is -1.83. The van der Waals surface area contributed by atoms with Crippen molar-refractivity contribution in [2.75, 3.05) is 12.3 Å². The van der Waals surface area contributed by atoms with Gasteiger partial charge in [-0.15, -0.1) is 5.92 Å². The van der Waals surface area contributed by atoms with Crippen molar-refractivity contribution in [3.8, 4) is 11.8 Å². The van der Waals surface area contributed by atoms with Crippen molar-refractivity contribution < 1.29 is 60.6 Å². The molecule has 0 saturated carbocycles. The van der Waals surface area contributed by atoms with Gasteiger partial charge < -0.3 is 35.2 Å². The molecule has 200 valence electrons. The number of imidazole rings is 1. The van der Waals surface area contributed by atoms with E-state index in [0.29, 0.717) is 0 Å². The number of ether oxygens (including phenoxy) is 1. The summed E-state index contributed by atoms with van der Waals surface area (Å²) in [5, 5.41) is 9.96. The molecule has 0 spiro atoms. The van der Waals surface area contributed by atoms with E-state index in [0.717, 1.165) is 17.8 Å². The number of fused-ring (bicyclic) bond motifs is 1. The van der Waals surface area contributed by atoms with E-state index in [1.165, 1.54) is 13.1 Å². The summed E-state index contributed by atoms with van der Waals surface area (Å²) < 4.78 is 69.9. The number of hydrogen-bond donors (Lipinski definition) is 6. The van der Waals surface area contributed by atoms with E-state index < -0.39 is 60.1 Å². The summed E-state index contributed by atoms with van der Waals surface area (Å²) in [6.07, 6.45) is -2.39. The minimum absolute atomic E-state index is 0.0466. The predicted molar refractivity (Wildman–Crippen MR) is 116 cm³/mol. The van der Waals surface area contributed by atoms with Gasteiger partial charge in [-0.2, -0.15) is 13.6 Å². The molecule has 4 unspecified atom stereocenters. The van der Waals surface area contributed by atoms with Crippen molar-refractivity contribution in [2.45, 2.75) is 38.0 Å². The molecule has 17 nitrogen and oxygen atoms in total. The fourth-order valence-electron chi connectivity index (χ4n) is 3.63. The normalized spacial score (nSPS) is 28.7. The van der Waals surface area contributed by atoms with E-state index in [1.807, 2.05) is 0 Å². The molecule has 0 aliphatic carbocycles. The highest BCUT2D eigenvalue weighted by molar-refractivity contribution is 7.66. The smallest absolute Gasteiger partial charge is 0.396 e. The lowest BCUT2D eigenvalue weighted by atomic mass is 9.85. The van der Waals surface area contributed by atoms with Gasteiger partial charge in [0.05, 0.1) is 37.3 Å². The number of aliphatic hydroxyl groups excluding tert-OH is 1. The molecular formula is C15H21FN5O12P3. The molecule has 1 fully saturated rings. The highest BCUT2D eigenvalue weighted by atomic mass is 31.3. The van der Waals surface area contributed by atoms with Gasteiger partial charge in [-0.3, -0.25) is 9.09 Å². The van der Waals surface area contributed by atoms with Gasteiger partial charge in [0.25, 0.3) is 0 Å². The maximum absolute atomic E-state index is 16.3. The van der Waals surface area contributed by atoms with Crippen LogP contribution < -0.4 is 5.73 Å². The lowest BCUT2D eigenvalue weighted by molar-refractivity contribution is -0.0712. The minimum Gasteiger partial charge on any atom is -0.396 e. The van der Waals surface area contributed by atoms with Crippen molar-refractivity contribution in [1.29, 1.82) is 0 Å². The van der Waals surface area contributed by atoms with Gasteiger partial charge in [0.2, 0.25) is 11.6 Å². The third-order valence-electron chi connectivity index (χ3n) is 4.86. The molecule has 7 atom stereocenters. The molecule has 7 N–H and O–H groups in total. The predicted octanol–water partition coefficient (Wildman–Crippen LogP) is 0.378. The number of aliphatic hydroxyl groups is 1. The third-order valence-corrected chi connectivity index (χ3v) is 8.79. The molecule has 0 radical (unpaired) electrons. The third kappa shape index (κ3) is 6.17. The van der Waals surface area contributed by atoms with Crippen LogP contribution in [0.1, 0.15) is 20.1 Å². The zero-order valence-electron chi connectivity index (χ0n) is 18.4. The fourth-order valence-corrected chi connectivity index (χ4v) is 6.83. The molecule has 36 heavy (non-hydrogen) atoms. The van der Waals surface area contributed by atoms with Crippen LogP contribution in [0.4, 0.5) is 10.3 Å². The first-order chi connectivity index (χ1) is 16.5. The van der Waals surface area contributed by atoms with Gasteiger partial charge in [-0.05, 0) is 13.8 Å². The van der Waals surface area contributed by atoms with Crippen LogP contribution in [0.25, 0.3) is 11.2 Å². The van der Waals surface area contributed by atoms with E-state index in [9.17, 15) is 28.6 Å². The van der Waals surface area contributed by atoms with Crippen molar-refractivity contribution in [3.05, 3.63) is 12.5 Å². The monoisotopic (exact) mass is 575 g/mol. The summed E-state index contributed by atoms with van der Waals surface area (Å²) in [7, 11) is -17.0. The van der Waals surface area contributed by atoms with Gasteiger partial charge in [-0.25, -0.2) is 28.1 Å². The van der Waals surface area contributed by atoms with Gasteiger partial charge in [-0.1, -0.05) is 5.92 Å². The van der Waals surface area contributed by atoms with Crippen LogP contribution in [-0.4, -0.2) is 68.7 Å². The number of aromatic nitrogens is 4. The summed E-state index contributed by atoms with van der Waals surface area (Å²) in [4.78, 5) is 48.2. The van der Waals surface area contributed by atoms with Crippen LogP contribution in [0.15, 0.2) is 12.5 Å². The molecule has 2 aromatic heterocycles. The Morgan fingerprint density at radius 3 is 2.50 bits per heavy atom. The lowest BCUT2D eigenvalue weighted by Crippen LogP contribution is -2.42. The average Bonchev–Trinajstić information content (AvgIpc) is 3.22. The van der Waals surface area contributed by atoms with E-state index in [-0.39, 0.29) is 17.1 Å². The number of hydrogen-bond acceptors (Lipinski definition) is 12. The number of nitrogens with two attached hydrogens (primary N) is 1. The average molecular weight is 575 g/mol. The van der Waals surface area contributed by atoms with E-state index in [1.54, 1.807) is 0 Å². The fraction of sp³-hybridized carbons (Fsp3) is 0.533. The molecule has 3 heterocycles. The second-order valence-corrected chi connectivity index (χ2v) is 11.7. The van der Waals surface area contributed by atoms with Crippen LogP contribution in [0.5, 0.6) is 0 Å². The first kappa shape index (κ1) is 28.7. The van der Waals surface area contributed by atoms with E-state index in [4.69, 9.17) is 24.8 Å². The van der Waals surface area contributed by atoms with Crippen molar-refractivity contribution in [1.82, 2.24) is 19.5 Å². The number of rotatable bonds is 9. The quantitative estimate of drug-likeness (QED) is 0.174. The molecule has 2 aromatic rings. The summed E-state index contributed by atoms with van der Waals surface area (Å²) in [5.41, 5.74) is 3.22. The number of nitrogen functional groups attached to an aromatic ring is 1. The molecule has 3 rings (SSSR count). The number of phosphoric acid groups is 3. The van der Waals surface area contributed by atoms with Gasteiger partial charge in [0.1, 0.15) is 5.52 Å². The Kier molecular flexibility index (Phi) is 8.10. The van der Waals surface area contributed by atoms with Crippen molar-refractivity contribution in [2.24, 2.45) is 5.92 Å². The number of alkyl halides is 1. The molecular weight excluding hydrogens is 554 g/mol.